The maximum Gasteiger partial charge on any atom is 0.407 e. The van der Waals surface area contributed by atoms with Gasteiger partial charge in [0.2, 0.25) is 0 Å². The van der Waals surface area contributed by atoms with Gasteiger partial charge in [0.1, 0.15) is 24.6 Å². The van der Waals surface area contributed by atoms with Gasteiger partial charge >= 0.3 is 6.09 Å². The molecule has 5 rings (SSSR count). The van der Waals surface area contributed by atoms with Crippen molar-refractivity contribution in [2.75, 3.05) is 13.2 Å². The number of aromatic hydroxyl groups is 1. The fourth-order valence-corrected chi connectivity index (χ4v) is 4.61. The number of carbonyl (C=O) groups is 1. The Morgan fingerprint density at radius 2 is 1.50 bits per heavy atom. The largest absolute Gasteiger partial charge is 0.508 e. The molecule has 172 valence electrons. The number of fused-ring (bicyclic) bond motifs is 4. The lowest BCUT2D eigenvalue weighted by atomic mass is 9.98. The van der Waals surface area contributed by atoms with Gasteiger partial charge < -0.3 is 25.4 Å². The van der Waals surface area contributed by atoms with Crippen LogP contribution in [0.25, 0.3) is 21.9 Å². The Labute approximate surface area is 197 Å². The summed E-state index contributed by atoms with van der Waals surface area (Å²) in [6.07, 6.45) is -3.09. The fourth-order valence-electron chi connectivity index (χ4n) is 4.61. The van der Waals surface area contributed by atoms with Crippen molar-refractivity contribution in [1.29, 1.82) is 0 Å². The van der Waals surface area contributed by atoms with Crippen LogP contribution in [-0.2, 0) is 4.74 Å². The molecule has 1 aliphatic carbocycles. The average molecular weight is 456 g/mol. The number of aliphatic hydroxyl groups is 2. The van der Waals surface area contributed by atoms with Gasteiger partial charge in [0.15, 0.2) is 0 Å². The van der Waals surface area contributed by atoms with Crippen LogP contribution in [0, 0.1) is 0 Å². The third-order valence-electron chi connectivity index (χ3n) is 6.35. The first-order valence-electron chi connectivity index (χ1n) is 11.2. The quantitative estimate of drug-likeness (QED) is 0.344. The van der Waals surface area contributed by atoms with Crippen LogP contribution in [0.2, 0.25) is 0 Å². The molecule has 0 aromatic heterocycles. The Kier molecular flexibility index (Phi) is 5.92. The summed E-state index contributed by atoms with van der Waals surface area (Å²) < 4.78 is 5.48. The van der Waals surface area contributed by atoms with E-state index < -0.39 is 18.3 Å². The number of phenolic OH excluding ortho intramolecular Hbond substituents is 1. The van der Waals surface area contributed by atoms with Gasteiger partial charge in [-0.3, -0.25) is 0 Å². The van der Waals surface area contributed by atoms with Crippen molar-refractivity contribution in [3.05, 3.63) is 102 Å². The molecule has 0 bridgehead atoms. The molecule has 0 spiro atoms. The van der Waals surface area contributed by atoms with Gasteiger partial charge in [-0.05, 0) is 56.8 Å². The summed E-state index contributed by atoms with van der Waals surface area (Å²) in [6.45, 7) is 0.00257. The number of alkyl carbamates (subject to hydrolysis) is 1. The zero-order valence-corrected chi connectivity index (χ0v) is 18.4. The van der Waals surface area contributed by atoms with E-state index in [4.69, 9.17) is 4.74 Å². The van der Waals surface area contributed by atoms with E-state index in [9.17, 15) is 20.1 Å². The first-order chi connectivity index (χ1) is 16.5. The van der Waals surface area contributed by atoms with Crippen molar-refractivity contribution in [3.63, 3.8) is 0 Å². The van der Waals surface area contributed by atoms with E-state index in [0.717, 1.165) is 33.0 Å². The van der Waals surface area contributed by atoms with Crippen molar-refractivity contribution in [2.45, 2.75) is 18.1 Å². The molecule has 4 N–H and O–H groups in total. The molecule has 6 nitrogen and oxygen atoms in total. The molecule has 34 heavy (non-hydrogen) atoms. The second-order valence-electron chi connectivity index (χ2n) is 8.51. The van der Waals surface area contributed by atoms with Gasteiger partial charge in [0.25, 0.3) is 0 Å². The van der Waals surface area contributed by atoms with Gasteiger partial charge in [-0.2, -0.15) is 0 Å². The Balaban J connectivity index is 1.19. The van der Waals surface area contributed by atoms with Crippen molar-refractivity contribution in [2.24, 2.45) is 0 Å². The van der Waals surface area contributed by atoms with E-state index in [1.807, 2.05) is 36.4 Å². The Morgan fingerprint density at radius 1 is 0.853 bits per heavy atom. The predicted molar refractivity (Wildman–Crippen MR) is 130 cm³/mol. The van der Waals surface area contributed by atoms with Crippen molar-refractivity contribution in [3.8, 4) is 16.9 Å². The predicted octanol–water partition coefficient (Wildman–Crippen LogP) is 4.48. The average Bonchev–Trinajstić information content (AvgIpc) is 3.18. The van der Waals surface area contributed by atoms with E-state index in [2.05, 4.69) is 17.4 Å². The van der Waals surface area contributed by atoms with E-state index >= 15 is 0 Å². The summed E-state index contributed by atoms with van der Waals surface area (Å²) in [5.41, 5.74) is 5.02. The van der Waals surface area contributed by atoms with E-state index in [-0.39, 0.29) is 24.8 Å². The highest BCUT2D eigenvalue weighted by atomic mass is 16.5. The number of carbonyl (C=O) groups excluding carboxylic acids is 1. The molecular weight excluding hydrogens is 430 g/mol. The van der Waals surface area contributed by atoms with Crippen molar-refractivity contribution < 1.29 is 24.9 Å². The van der Waals surface area contributed by atoms with Gasteiger partial charge in [-0.25, -0.2) is 4.79 Å². The number of ether oxygens (including phenoxy) is 1. The lowest BCUT2D eigenvalue weighted by Gasteiger charge is -2.20. The van der Waals surface area contributed by atoms with Crippen LogP contribution in [0.1, 0.15) is 28.7 Å². The molecule has 2 atom stereocenters. The first kappa shape index (κ1) is 21.9. The monoisotopic (exact) mass is 455 g/mol. The SMILES string of the molecule is O=C(NCC(O)C(O)c1ccc2ccc(O)cc2c1)OCC1c2ccccc2-c2ccccc21. The minimum Gasteiger partial charge on any atom is -0.508 e. The highest BCUT2D eigenvalue weighted by molar-refractivity contribution is 5.84. The van der Waals surface area contributed by atoms with Crippen LogP contribution in [0.15, 0.2) is 84.9 Å². The summed E-state index contributed by atoms with van der Waals surface area (Å²) in [5, 5.41) is 34.8. The minimum atomic E-state index is -1.23. The Morgan fingerprint density at radius 3 is 2.21 bits per heavy atom. The molecule has 4 aromatic rings. The fraction of sp³-hybridized carbons (Fsp3) is 0.179. The highest BCUT2D eigenvalue weighted by Crippen LogP contribution is 2.44. The highest BCUT2D eigenvalue weighted by Gasteiger charge is 2.29. The molecule has 1 aliphatic rings. The lowest BCUT2D eigenvalue weighted by Crippen LogP contribution is -2.36. The molecule has 4 aromatic carbocycles. The lowest BCUT2D eigenvalue weighted by molar-refractivity contribution is 0.0186. The van der Waals surface area contributed by atoms with E-state index in [0.29, 0.717) is 5.56 Å². The summed E-state index contributed by atoms with van der Waals surface area (Å²) in [4.78, 5) is 12.3. The number of nitrogens with one attached hydrogen (secondary N) is 1. The van der Waals surface area contributed by atoms with Crippen LogP contribution in [0.3, 0.4) is 0 Å². The maximum absolute atomic E-state index is 12.3. The van der Waals surface area contributed by atoms with Crippen LogP contribution >= 0.6 is 0 Å². The maximum atomic E-state index is 12.3. The van der Waals surface area contributed by atoms with Gasteiger partial charge in [0, 0.05) is 12.5 Å². The Hall–Kier alpha value is -3.87. The molecule has 0 fully saturated rings. The third kappa shape index (κ3) is 4.21. The van der Waals surface area contributed by atoms with Gasteiger partial charge in [0.05, 0.1) is 0 Å². The second kappa shape index (κ2) is 9.17. The van der Waals surface area contributed by atoms with Crippen molar-refractivity contribution in [1.82, 2.24) is 5.32 Å². The number of benzene rings is 4. The summed E-state index contributed by atoms with van der Waals surface area (Å²) in [5.74, 6) is 0.0688. The van der Waals surface area contributed by atoms with Gasteiger partial charge in [-0.1, -0.05) is 66.7 Å². The standard InChI is InChI=1S/C28H25NO5/c30-20-12-11-17-9-10-18(13-19(17)14-20)27(32)26(31)15-29-28(33)34-16-25-23-7-3-1-5-21(23)22-6-2-4-8-24(22)25/h1-14,25-27,30-32H,15-16H2,(H,29,33). The third-order valence-corrected chi connectivity index (χ3v) is 6.35. The van der Waals surface area contributed by atoms with Crippen LogP contribution in [0.5, 0.6) is 5.75 Å². The van der Waals surface area contributed by atoms with Crippen molar-refractivity contribution >= 4 is 16.9 Å². The summed E-state index contributed by atoms with van der Waals surface area (Å²) in [7, 11) is 0. The van der Waals surface area contributed by atoms with E-state index in [1.165, 1.54) is 0 Å². The van der Waals surface area contributed by atoms with Crippen LogP contribution < -0.4 is 5.32 Å². The van der Waals surface area contributed by atoms with Crippen LogP contribution in [0.4, 0.5) is 4.79 Å². The summed E-state index contributed by atoms with van der Waals surface area (Å²) in [6, 6.07) is 26.3. The van der Waals surface area contributed by atoms with E-state index in [1.54, 1.807) is 36.4 Å². The minimum absolute atomic E-state index is 0.0531. The van der Waals surface area contributed by atoms with Gasteiger partial charge in [-0.15, -0.1) is 0 Å². The first-order valence-corrected chi connectivity index (χ1v) is 11.2. The van der Waals surface area contributed by atoms with Crippen LogP contribution in [-0.4, -0.2) is 40.7 Å². The molecule has 0 saturated carbocycles. The smallest absolute Gasteiger partial charge is 0.407 e. The second-order valence-corrected chi connectivity index (χ2v) is 8.51. The number of hydrogen-bond donors (Lipinski definition) is 4. The normalized spacial score (nSPS) is 14.3. The number of amides is 1. The molecule has 6 heteroatoms. The zero-order chi connectivity index (χ0) is 23.7. The Bertz CT molecular complexity index is 1310. The molecular formula is C28H25NO5. The zero-order valence-electron chi connectivity index (χ0n) is 18.4. The molecule has 1 amide bonds. The number of rotatable bonds is 6. The summed E-state index contributed by atoms with van der Waals surface area (Å²) >= 11 is 0. The number of hydrogen-bond acceptors (Lipinski definition) is 5. The topological polar surface area (TPSA) is 99.0 Å². The number of aliphatic hydroxyl groups excluding tert-OH is 2. The molecule has 0 saturated heterocycles. The molecule has 0 radical (unpaired) electrons. The molecule has 0 heterocycles. The molecule has 0 aliphatic heterocycles. The number of phenols is 1. The molecule has 2 unspecified atom stereocenters.